The van der Waals surface area contributed by atoms with Crippen molar-refractivity contribution in [3.05, 3.63) is 70.2 Å². The lowest BCUT2D eigenvalue weighted by Crippen LogP contribution is -2.20. The molecule has 2 aromatic carbocycles. The van der Waals surface area contributed by atoms with Crippen LogP contribution in [0.3, 0.4) is 0 Å². The van der Waals surface area contributed by atoms with Crippen molar-refractivity contribution in [2.45, 2.75) is 26.8 Å². The van der Waals surface area contributed by atoms with E-state index < -0.39 is 5.63 Å². The molecule has 0 saturated heterocycles. The number of rotatable bonds is 4. The van der Waals surface area contributed by atoms with Crippen molar-refractivity contribution in [1.29, 1.82) is 0 Å². The number of hydrogen-bond donors (Lipinski definition) is 1. The molecule has 0 aliphatic heterocycles. The lowest BCUT2D eigenvalue weighted by molar-refractivity contribution is -0.116. The van der Waals surface area contributed by atoms with Gasteiger partial charge in [-0.3, -0.25) is 9.48 Å². The summed E-state index contributed by atoms with van der Waals surface area (Å²) in [6.45, 7) is 4.01. The SMILES string of the molecule is CCc1ccccc1NC(=O)Cn1ncc2c(=O)oc3ccc(C)cc3c21. The fourth-order valence-corrected chi connectivity index (χ4v) is 3.29. The molecule has 0 saturated carbocycles. The van der Waals surface area contributed by atoms with Crippen LogP contribution in [0.25, 0.3) is 21.9 Å². The van der Waals surface area contributed by atoms with Crippen LogP contribution >= 0.6 is 0 Å². The Morgan fingerprint density at radius 3 is 2.81 bits per heavy atom. The number of benzene rings is 2. The molecule has 0 aliphatic rings. The predicted octanol–water partition coefficient (Wildman–Crippen LogP) is 3.65. The van der Waals surface area contributed by atoms with E-state index in [1.54, 1.807) is 10.7 Å². The highest BCUT2D eigenvalue weighted by molar-refractivity contribution is 6.03. The number of aromatic nitrogens is 2. The van der Waals surface area contributed by atoms with Gasteiger partial charge >= 0.3 is 5.63 Å². The van der Waals surface area contributed by atoms with Crippen LogP contribution in [0.5, 0.6) is 0 Å². The van der Waals surface area contributed by atoms with Gasteiger partial charge in [0.15, 0.2) is 0 Å². The molecular formula is C21H19N3O3. The highest BCUT2D eigenvalue weighted by Gasteiger charge is 2.15. The van der Waals surface area contributed by atoms with E-state index in [0.717, 1.165) is 28.6 Å². The number of carbonyl (C=O) groups is 1. The summed E-state index contributed by atoms with van der Waals surface area (Å²) in [4.78, 5) is 24.8. The molecule has 6 nitrogen and oxygen atoms in total. The van der Waals surface area contributed by atoms with Crippen LogP contribution in [0, 0.1) is 6.92 Å². The number of nitrogens with one attached hydrogen (secondary N) is 1. The van der Waals surface area contributed by atoms with Crippen LogP contribution in [-0.2, 0) is 17.8 Å². The minimum atomic E-state index is -0.454. The average Bonchev–Trinajstić information content (AvgIpc) is 3.07. The largest absolute Gasteiger partial charge is 0.422 e. The van der Waals surface area contributed by atoms with Gasteiger partial charge in [0, 0.05) is 11.1 Å². The standard InChI is InChI=1S/C21H19N3O3/c1-3-14-6-4-5-7-17(14)23-19(25)12-24-20-15-10-13(2)8-9-18(15)27-21(26)16(20)11-22-24/h4-11H,3,12H2,1-2H3,(H,23,25). The number of nitrogens with zero attached hydrogens (tertiary/aromatic N) is 2. The van der Waals surface area contributed by atoms with Gasteiger partial charge in [-0.1, -0.05) is 36.8 Å². The van der Waals surface area contributed by atoms with Gasteiger partial charge in [0.05, 0.1) is 11.7 Å². The molecule has 6 heteroatoms. The second-order valence-electron chi connectivity index (χ2n) is 6.51. The molecule has 0 atom stereocenters. The van der Waals surface area contributed by atoms with Crippen LogP contribution in [0.4, 0.5) is 5.69 Å². The second kappa shape index (κ2) is 6.72. The number of aryl methyl sites for hydroxylation is 2. The van der Waals surface area contributed by atoms with Crippen molar-refractivity contribution >= 4 is 33.5 Å². The quantitative estimate of drug-likeness (QED) is 0.563. The first-order chi connectivity index (χ1) is 13.1. The summed E-state index contributed by atoms with van der Waals surface area (Å²) in [6.07, 6.45) is 2.28. The Hall–Kier alpha value is -3.41. The molecule has 0 aliphatic carbocycles. The average molecular weight is 361 g/mol. The van der Waals surface area contributed by atoms with E-state index in [0.29, 0.717) is 16.5 Å². The summed E-state index contributed by atoms with van der Waals surface area (Å²) in [5, 5.41) is 8.33. The molecule has 0 spiro atoms. The number of para-hydroxylation sites is 1. The summed E-state index contributed by atoms with van der Waals surface area (Å²) in [7, 11) is 0. The van der Waals surface area contributed by atoms with Gasteiger partial charge in [-0.05, 0) is 37.1 Å². The molecule has 4 aromatic rings. The van der Waals surface area contributed by atoms with Gasteiger partial charge in [0.1, 0.15) is 17.5 Å². The van der Waals surface area contributed by atoms with E-state index in [1.165, 1.54) is 6.20 Å². The first-order valence-corrected chi connectivity index (χ1v) is 8.83. The van der Waals surface area contributed by atoms with Crippen LogP contribution in [0.2, 0.25) is 0 Å². The molecule has 2 heterocycles. The molecule has 0 fully saturated rings. The molecule has 1 N–H and O–H groups in total. The van der Waals surface area contributed by atoms with Crippen molar-refractivity contribution in [3.63, 3.8) is 0 Å². The maximum atomic E-state index is 12.6. The molecule has 0 unspecified atom stereocenters. The van der Waals surface area contributed by atoms with Crippen LogP contribution in [0.1, 0.15) is 18.1 Å². The van der Waals surface area contributed by atoms with Crippen molar-refractivity contribution in [2.75, 3.05) is 5.32 Å². The zero-order valence-corrected chi connectivity index (χ0v) is 15.2. The second-order valence-corrected chi connectivity index (χ2v) is 6.51. The van der Waals surface area contributed by atoms with Crippen molar-refractivity contribution < 1.29 is 9.21 Å². The van der Waals surface area contributed by atoms with Crippen LogP contribution < -0.4 is 10.9 Å². The lowest BCUT2D eigenvalue weighted by atomic mass is 10.1. The zero-order valence-electron chi connectivity index (χ0n) is 15.2. The Morgan fingerprint density at radius 1 is 1.19 bits per heavy atom. The Kier molecular flexibility index (Phi) is 4.24. The number of amides is 1. The smallest absolute Gasteiger partial charge is 0.347 e. The van der Waals surface area contributed by atoms with Crippen molar-refractivity contribution in [1.82, 2.24) is 9.78 Å². The van der Waals surface area contributed by atoms with E-state index in [9.17, 15) is 9.59 Å². The third-order valence-electron chi connectivity index (χ3n) is 4.62. The molecule has 27 heavy (non-hydrogen) atoms. The van der Waals surface area contributed by atoms with Gasteiger partial charge in [0.25, 0.3) is 0 Å². The van der Waals surface area contributed by atoms with E-state index in [4.69, 9.17) is 4.42 Å². The van der Waals surface area contributed by atoms with Crippen molar-refractivity contribution in [2.24, 2.45) is 0 Å². The lowest BCUT2D eigenvalue weighted by Gasteiger charge is -2.10. The Labute approximate surface area is 155 Å². The topological polar surface area (TPSA) is 77.1 Å². The molecule has 4 rings (SSSR count). The summed E-state index contributed by atoms with van der Waals surface area (Å²) in [6, 6.07) is 13.3. The van der Waals surface area contributed by atoms with Crippen LogP contribution in [0.15, 0.2) is 57.9 Å². The van der Waals surface area contributed by atoms with Crippen LogP contribution in [-0.4, -0.2) is 15.7 Å². The number of anilines is 1. The highest BCUT2D eigenvalue weighted by atomic mass is 16.4. The first kappa shape index (κ1) is 17.0. The van der Waals surface area contributed by atoms with Gasteiger partial charge in [0.2, 0.25) is 5.91 Å². The summed E-state index contributed by atoms with van der Waals surface area (Å²) in [5.41, 5.74) is 3.54. The zero-order chi connectivity index (χ0) is 19.0. The Morgan fingerprint density at radius 2 is 2.00 bits per heavy atom. The van der Waals surface area contributed by atoms with Gasteiger partial charge in [-0.15, -0.1) is 0 Å². The number of hydrogen-bond acceptors (Lipinski definition) is 4. The Balaban J connectivity index is 1.74. The number of carbonyl (C=O) groups excluding carboxylic acids is 1. The molecular weight excluding hydrogens is 342 g/mol. The van der Waals surface area contributed by atoms with E-state index in [2.05, 4.69) is 10.4 Å². The van der Waals surface area contributed by atoms with Crippen molar-refractivity contribution in [3.8, 4) is 0 Å². The summed E-state index contributed by atoms with van der Waals surface area (Å²) < 4.78 is 6.92. The summed E-state index contributed by atoms with van der Waals surface area (Å²) >= 11 is 0. The summed E-state index contributed by atoms with van der Waals surface area (Å²) in [5.74, 6) is -0.199. The number of fused-ring (bicyclic) bond motifs is 3. The van der Waals surface area contributed by atoms with E-state index in [-0.39, 0.29) is 12.5 Å². The monoisotopic (exact) mass is 361 g/mol. The first-order valence-electron chi connectivity index (χ1n) is 8.83. The van der Waals surface area contributed by atoms with Gasteiger partial charge < -0.3 is 9.73 Å². The Bertz CT molecular complexity index is 1220. The fourth-order valence-electron chi connectivity index (χ4n) is 3.29. The fraction of sp³-hybridized carbons (Fsp3) is 0.190. The highest BCUT2D eigenvalue weighted by Crippen LogP contribution is 2.24. The molecule has 0 bridgehead atoms. The molecule has 0 radical (unpaired) electrons. The van der Waals surface area contributed by atoms with Gasteiger partial charge in [-0.25, -0.2) is 4.79 Å². The predicted molar refractivity (Wildman–Crippen MR) is 105 cm³/mol. The normalized spacial score (nSPS) is 11.2. The minimum Gasteiger partial charge on any atom is -0.422 e. The molecule has 2 aromatic heterocycles. The third kappa shape index (κ3) is 3.10. The van der Waals surface area contributed by atoms with E-state index in [1.807, 2.05) is 50.2 Å². The third-order valence-corrected chi connectivity index (χ3v) is 4.62. The van der Waals surface area contributed by atoms with Gasteiger partial charge in [-0.2, -0.15) is 5.10 Å². The van der Waals surface area contributed by atoms with E-state index >= 15 is 0 Å². The molecule has 136 valence electrons. The minimum absolute atomic E-state index is 0.00798. The maximum absolute atomic E-state index is 12.6. The molecule has 1 amide bonds. The maximum Gasteiger partial charge on any atom is 0.347 e.